The lowest BCUT2D eigenvalue weighted by atomic mass is 10.0. The molecule has 3 heteroatoms. The van der Waals surface area contributed by atoms with Crippen molar-refractivity contribution in [1.82, 2.24) is 5.32 Å². The number of halogens is 1. The number of hydrogen-bond acceptors (Lipinski definition) is 2. The van der Waals surface area contributed by atoms with Crippen LogP contribution in [-0.4, -0.2) is 7.05 Å². The topological polar surface area (TPSA) is 12.0 Å². The second-order valence-corrected chi connectivity index (χ2v) is 5.71. The van der Waals surface area contributed by atoms with Crippen molar-refractivity contribution in [2.45, 2.75) is 18.9 Å². The summed E-state index contributed by atoms with van der Waals surface area (Å²) < 4.78 is 0. The van der Waals surface area contributed by atoms with Gasteiger partial charge in [-0.1, -0.05) is 23.7 Å². The van der Waals surface area contributed by atoms with Gasteiger partial charge in [0.15, 0.2) is 0 Å². The molecule has 0 amide bonds. The average Bonchev–Trinajstić information content (AvgIpc) is 2.93. The summed E-state index contributed by atoms with van der Waals surface area (Å²) in [5.74, 6) is 0. The van der Waals surface area contributed by atoms with Crippen LogP contribution >= 0.6 is 22.9 Å². The van der Waals surface area contributed by atoms with Gasteiger partial charge in [0.25, 0.3) is 0 Å². The molecule has 0 saturated heterocycles. The Bertz CT molecular complexity index is 547. The van der Waals surface area contributed by atoms with Crippen molar-refractivity contribution in [2.75, 3.05) is 7.05 Å². The maximum Gasteiger partial charge on any atom is 0.0592 e. The van der Waals surface area contributed by atoms with Crippen LogP contribution in [0.5, 0.6) is 0 Å². The van der Waals surface area contributed by atoms with Crippen molar-refractivity contribution in [3.8, 4) is 10.4 Å². The smallest absolute Gasteiger partial charge is 0.0592 e. The van der Waals surface area contributed by atoms with E-state index in [-0.39, 0.29) is 0 Å². The molecule has 0 bridgehead atoms. The van der Waals surface area contributed by atoms with Gasteiger partial charge in [-0.25, -0.2) is 0 Å². The molecule has 1 atom stereocenters. The van der Waals surface area contributed by atoms with E-state index in [1.807, 2.05) is 18.5 Å². The molecule has 1 heterocycles. The minimum absolute atomic E-state index is 0.526. The molecule has 0 radical (unpaired) electrons. The van der Waals surface area contributed by atoms with Crippen LogP contribution in [0.25, 0.3) is 10.4 Å². The first-order valence-electron chi connectivity index (χ1n) is 5.83. The van der Waals surface area contributed by atoms with Gasteiger partial charge in [0.2, 0.25) is 0 Å². The van der Waals surface area contributed by atoms with E-state index < -0.39 is 0 Å². The van der Waals surface area contributed by atoms with Crippen LogP contribution in [0.4, 0.5) is 0 Å². The minimum Gasteiger partial charge on any atom is -0.313 e. The van der Waals surface area contributed by atoms with Gasteiger partial charge in [-0.3, -0.25) is 0 Å². The van der Waals surface area contributed by atoms with E-state index in [1.165, 1.54) is 28.0 Å². The van der Waals surface area contributed by atoms with E-state index >= 15 is 0 Å². The van der Waals surface area contributed by atoms with Crippen LogP contribution in [0.1, 0.15) is 23.6 Å². The van der Waals surface area contributed by atoms with E-state index in [0.717, 1.165) is 11.4 Å². The molecule has 1 aliphatic carbocycles. The fourth-order valence-electron chi connectivity index (χ4n) is 2.56. The highest BCUT2D eigenvalue weighted by atomic mass is 35.5. The highest BCUT2D eigenvalue weighted by Gasteiger charge is 2.21. The highest BCUT2D eigenvalue weighted by Crippen LogP contribution is 2.38. The molecule has 2 aromatic rings. The molecule has 88 valence electrons. The SMILES string of the molecule is CNC1CCc2cc(-c3sccc3Cl)ccc21. The van der Waals surface area contributed by atoms with Crippen LogP contribution in [0.3, 0.4) is 0 Å². The molecule has 3 rings (SSSR count). The zero-order chi connectivity index (χ0) is 11.8. The Morgan fingerprint density at radius 2 is 2.24 bits per heavy atom. The number of fused-ring (bicyclic) bond motifs is 1. The van der Waals surface area contributed by atoms with Gasteiger partial charge in [-0.05, 0) is 54.1 Å². The van der Waals surface area contributed by atoms with Crippen LogP contribution in [-0.2, 0) is 6.42 Å². The molecule has 0 fully saturated rings. The Morgan fingerprint density at radius 3 is 2.94 bits per heavy atom. The molecular weight excluding hydrogens is 250 g/mol. The first kappa shape index (κ1) is 11.3. The normalized spacial score (nSPS) is 18.4. The second kappa shape index (κ2) is 4.45. The van der Waals surface area contributed by atoms with Crippen LogP contribution in [0, 0.1) is 0 Å². The molecule has 1 aromatic heterocycles. The third-order valence-electron chi connectivity index (χ3n) is 3.45. The Kier molecular flexibility index (Phi) is 2.95. The molecule has 0 aliphatic heterocycles. The minimum atomic E-state index is 0.526. The number of rotatable bonds is 2. The van der Waals surface area contributed by atoms with Gasteiger partial charge < -0.3 is 5.32 Å². The number of nitrogens with one attached hydrogen (secondary N) is 1. The van der Waals surface area contributed by atoms with Gasteiger partial charge in [0.1, 0.15) is 0 Å². The van der Waals surface area contributed by atoms with Crippen molar-refractivity contribution >= 4 is 22.9 Å². The first-order valence-corrected chi connectivity index (χ1v) is 7.09. The van der Waals surface area contributed by atoms with Crippen LogP contribution in [0.2, 0.25) is 5.02 Å². The number of thiophene rings is 1. The summed E-state index contributed by atoms with van der Waals surface area (Å²) in [6.07, 6.45) is 2.37. The maximum absolute atomic E-state index is 6.18. The van der Waals surface area contributed by atoms with E-state index in [4.69, 9.17) is 11.6 Å². The molecule has 0 spiro atoms. The number of hydrogen-bond donors (Lipinski definition) is 1. The lowest BCUT2D eigenvalue weighted by molar-refractivity contribution is 0.590. The van der Waals surface area contributed by atoms with Gasteiger partial charge in [-0.2, -0.15) is 0 Å². The van der Waals surface area contributed by atoms with Crippen LogP contribution in [0.15, 0.2) is 29.6 Å². The molecule has 1 aliphatic rings. The fourth-order valence-corrected chi connectivity index (χ4v) is 3.72. The first-order chi connectivity index (χ1) is 8.29. The molecule has 17 heavy (non-hydrogen) atoms. The van der Waals surface area contributed by atoms with Crippen molar-refractivity contribution in [1.29, 1.82) is 0 Å². The molecule has 1 nitrogen and oxygen atoms in total. The van der Waals surface area contributed by atoms with Crippen molar-refractivity contribution in [3.63, 3.8) is 0 Å². The van der Waals surface area contributed by atoms with E-state index in [1.54, 1.807) is 11.3 Å². The molecular formula is C14H14ClNS. The van der Waals surface area contributed by atoms with Crippen molar-refractivity contribution < 1.29 is 0 Å². The van der Waals surface area contributed by atoms with Gasteiger partial charge in [0.05, 0.1) is 9.90 Å². The zero-order valence-electron chi connectivity index (χ0n) is 9.66. The Hall–Kier alpha value is -0.830. The van der Waals surface area contributed by atoms with Gasteiger partial charge in [0, 0.05) is 6.04 Å². The quantitative estimate of drug-likeness (QED) is 0.853. The Labute approximate surface area is 110 Å². The summed E-state index contributed by atoms with van der Waals surface area (Å²) in [5.41, 5.74) is 4.16. The second-order valence-electron chi connectivity index (χ2n) is 4.39. The average molecular weight is 264 g/mol. The summed E-state index contributed by atoms with van der Waals surface area (Å²) in [6, 6.07) is 9.22. The third kappa shape index (κ3) is 1.90. The Morgan fingerprint density at radius 1 is 1.35 bits per heavy atom. The summed E-state index contributed by atoms with van der Waals surface area (Å²) in [6.45, 7) is 0. The lowest BCUT2D eigenvalue weighted by Crippen LogP contribution is -2.12. The number of aryl methyl sites for hydroxylation is 1. The molecule has 0 saturated carbocycles. The monoisotopic (exact) mass is 263 g/mol. The molecule has 1 unspecified atom stereocenters. The summed E-state index contributed by atoms with van der Waals surface area (Å²) in [5, 5.41) is 6.26. The molecule has 1 N–H and O–H groups in total. The van der Waals surface area contributed by atoms with Crippen molar-refractivity contribution in [2.24, 2.45) is 0 Å². The standard InChI is InChI=1S/C14H14ClNS/c1-16-13-5-3-9-8-10(2-4-11(9)13)14-12(15)6-7-17-14/h2,4,6-8,13,16H,3,5H2,1H3. The summed E-state index contributed by atoms with van der Waals surface area (Å²) >= 11 is 7.89. The van der Waals surface area contributed by atoms with Gasteiger partial charge >= 0.3 is 0 Å². The van der Waals surface area contributed by atoms with Crippen molar-refractivity contribution in [3.05, 3.63) is 45.8 Å². The van der Waals surface area contributed by atoms with E-state index in [2.05, 4.69) is 23.5 Å². The highest BCUT2D eigenvalue weighted by molar-refractivity contribution is 7.14. The summed E-state index contributed by atoms with van der Waals surface area (Å²) in [4.78, 5) is 1.18. The van der Waals surface area contributed by atoms with Gasteiger partial charge in [-0.15, -0.1) is 11.3 Å². The maximum atomic E-state index is 6.18. The summed E-state index contributed by atoms with van der Waals surface area (Å²) in [7, 11) is 2.03. The predicted molar refractivity (Wildman–Crippen MR) is 74.9 cm³/mol. The zero-order valence-corrected chi connectivity index (χ0v) is 11.2. The van der Waals surface area contributed by atoms with Crippen LogP contribution < -0.4 is 5.32 Å². The van der Waals surface area contributed by atoms with E-state index in [0.29, 0.717) is 6.04 Å². The lowest BCUT2D eigenvalue weighted by Gasteiger charge is -2.10. The Balaban J connectivity index is 2.03. The largest absolute Gasteiger partial charge is 0.313 e. The fraction of sp³-hybridized carbons (Fsp3) is 0.286. The number of benzene rings is 1. The predicted octanol–water partition coefficient (Wildman–Crippen LogP) is 4.28. The molecule has 1 aromatic carbocycles. The van der Waals surface area contributed by atoms with E-state index in [9.17, 15) is 0 Å². The third-order valence-corrected chi connectivity index (χ3v) is 4.84.